The summed E-state index contributed by atoms with van der Waals surface area (Å²) in [6.45, 7) is 2.04. The second kappa shape index (κ2) is 3.74. The van der Waals surface area contributed by atoms with E-state index in [1.807, 2.05) is 6.92 Å². The number of aliphatic hydroxyl groups is 1. The largest absolute Gasteiger partial charge is 0.385 e. The topological polar surface area (TPSA) is 42.4 Å². The molecule has 0 spiro atoms. The van der Waals surface area contributed by atoms with Crippen LogP contribution < -0.4 is 0 Å². The van der Waals surface area contributed by atoms with Gasteiger partial charge in [0.25, 0.3) is 0 Å². The van der Waals surface area contributed by atoms with Crippen LogP contribution in [0.2, 0.25) is 0 Å². The summed E-state index contributed by atoms with van der Waals surface area (Å²) in [4.78, 5) is 4.84. The van der Waals surface area contributed by atoms with Crippen molar-refractivity contribution in [1.82, 2.24) is 4.98 Å². The van der Waals surface area contributed by atoms with Gasteiger partial charge in [-0.3, -0.25) is 4.98 Å². The molecule has 2 heterocycles. The van der Waals surface area contributed by atoms with Gasteiger partial charge in [-0.1, -0.05) is 0 Å². The maximum absolute atomic E-state index is 9.87. The average Bonchev–Trinajstić information content (AvgIpc) is 2.72. The van der Waals surface area contributed by atoms with E-state index in [2.05, 4.69) is 4.98 Å². The maximum atomic E-state index is 9.87. The van der Waals surface area contributed by atoms with Gasteiger partial charge in [-0.15, -0.1) is 11.3 Å². The van der Waals surface area contributed by atoms with Crippen LogP contribution in [0.3, 0.4) is 0 Å². The minimum atomic E-state index is -0.488. The highest BCUT2D eigenvalue weighted by molar-refractivity contribution is 7.09. The molecule has 0 aliphatic carbocycles. The molecule has 1 saturated heterocycles. The monoisotopic (exact) mass is 199 g/mol. The fourth-order valence-corrected chi connectivity index (χ4v) is 2.28. The molecule has 1 aliphatic rings. The Labute approximate surface area is 81.4 Å². The molecule has 0 radical (unpaired) electrons. The van der Waals surface area contributed by atoms with Crippen LogP contribution in [0.5, 0.6) is 0 Å². The molecular formula is C9H13NO2S. The molecule has 0 amide bonds. The molecule has 4 heteroatoms. The summed E-state index contributed by atoms with van der Waals surface area (Å²) in [6, 6.07) is 0. The SMILES string of the molecule is CC1CCC(C(O)c2cncs2)O1. The van der Waals surface area contributed by atoms with E-state index < -0.39 is 6.10 Å². The van der Waals surface area contributed by atoms with E-state index in [-0.39, 0.29) is 12.2 Å². The Bertz CT molecular complexity index is 263. The molecule has 0 aromatic carbocycles. The van der Waals surface area contributed by atoms with Crippen molar-refractivity contribution in [1.29, 1.82) is 0 Å². The summed E-state index contributed by atoms with van der Waals surface area (Å²) in [5, 5.41) is 9.87. The van der Waals surface area contributed by atoms with Crippen LogP contribution >= 0.6 is 11.3 Å². The Morgan fingerprint density at radius 2 is 2.54 bits per heavy atom. The molecule has 72 valence electrons. The zero-order chi connectivity index (χ0) is 9.26. The first-order valence-electron chi connectivity index (χ1n) is 4.49. The van der Waals surface area contributed by atoms with Gasteiger partial charge in [0.15, 0.2) is 0 Å². The number of aromatic nitrogens is 1. The van der Waals surface area contributed by atoms with Gasteiger partial charge in [-0.2, -0.15) is 0 Å². The fraction of sp³-hybridized carbons (Fsp3) is 0.667. The Hall–Kier alpha value is -0.450. The number of thiazole rings is 1. The Balaban J connectivity index is 2.02. The Morgan fingerprint density at radius 3 is 3.08 bits per heavy atom. The highest BCUT2D eigenvalue weighted by Crippen LogP contribution is 2.31. The molecule has 1 aliphatic heterocycles. The second-order valence-electron chi connectivity index (χ2n) is 3.41. The molecule has 1 N–H and O–H groups in total. The lowest BCUT2D eigenvalue weighted by molar-refractivity contribution is -0.0283. The van der Waals surface area contributed by atoms with Gasteiger partial charge in [0, 0.05) is 6.20 Å². The predicted octanol–water partition coefficient (Wildman–Crippen LogP) is 1.74. The summed E-state index contributed by atoms with van der Waals surface area (Å²) in [5.41, 5.74) is 1.73. The summed E-state index contributed by atoms with van der Waals surface area (Å²) in [7, 11) is 0. The van der Waals surface area contributed by atoms with Crippen LogP contribution in [0.15, 0.2) is 11.7 Å². The van der Waals surface area contributed by atoms with Gasteiger partial charge in [-0.25, -0.2) is 0 Å². The fourth-order valence-electron chi connectivity index (χ4n) is 1.62. The quantitative estimate of drug-likeness (QED) is 0.789. The van der Waals surface area contributed by atoms with Crippen molar-refractivity contribution in [3.05, 3.63) is 16.6 Å². The smallest absolute Gasteiger partial charge is 0.116 e. The highest BCUT2D eigenvalue weighted by Gasteiger charge is 2.29. The Morgan fingerprint density at radius 1 is 1.69 bits per heavy atom. The zero-order valence-corrected chi connectivity index (χ0v) is 8.33. The molecule has 0 bridgehead atoms. The van der Waals surface area contributed by atoms with E-state index in [0.717, 1.165) is 17.7 Å². The lowest BCUT2D eigenvalue weighted by Crippen LogP contribution is -2.17. The van der Waals surface area contributed by atoms with Gasteiger partial charge in [0.2, 0.25) is 0 Å². The van der Waals surface area contributed by atoms with Crippen molar-refractivity contribution in [2.24, 2.45) is 0 Å². The predicted molar refractivity (Wildman–Crippen MR) is 50.6 cm³/mol. The first-order chi connectivity index (χ1) is 6.27. The number of hydrogen-bond donors (Lipinski definition) is 1. The van der Waals surface area contributed by atoms with Gasteiger partial charge in [0.05, 0.1) is 22.6 Å². The molecule has 2 rings (SSSR count). The van der Waals surface area contributed by atoms with Gasteiger partial charge < -0.3 is 9.84 Å². The first-order valence-corrected chi connectivity index (χ1v) is 5.37. The lowest BCUT2D eigenvalue weighted by Gasteiger charge is -2.16. The zero-order valence-electron chi connectivity index (χ0n) is 7.51. The van der Waals surface area contributed by atoms with Crippen LogP contribution in [-0.2, 0) is 4.74 Å². The van der Waals surface area contributed by atoms with Crippen LogP contribution in [0.25, 0.3) is 0 Å². The number of aliphatic hydroxyl groups excluding tert-OH is 1. The van der Waals surface area contributed by atoms with Crippen LogP contribution in [0.4, 0.5) is 0 Å². The standard InChI is InChI=1S/C9H13NO2S/c1-6-2-3-7(12-6)9(11)8-4-10-5-13-8/h4-7,9,11H,2-3H2,1H3. The minimum Gasteiger partial charge on any atom is -0.385 e. The minimum absolute atomic E-state index is 0.0320. The average molecular weight is 199 g/mol. The van der Waals surface area contributed by atoms with E-state index >= 15 is 0 Å². The van der Waals surface area contributed by atoms with Crippen molar-refractivity contribution in [3.8, 4) is 0 Å². The van der Waals surface area contributed by atoms with Gasteiger partial charge in [-0.05, 0) is 19.8 Å². The van der Waals surface area contributed by atoms with Crippen LogP contribution in [0, 0.1) is 0 Å². The van der Waals surface area contributed by atoms with Gasteiger partial charge in [0.1, 0.15) is 6.10 Å². The van der Waals surface area contributed by atoms with Crippen molar-refractivity contribution in [2.45, 2.75) is 38.1 Å². The van der Waals surface area contributed by atoms with Crippen molar-refractivity contribution in [3.63, 3.8) is 0 Å². The number of nitrogens with zero attached hydrogens (tertiary/aromatic N) is 1. The molecule has 3 unspecified atom stereocenters. The number of ether oxygens (including phenoxy) is 1. The van der Waals surface area contributed by atoms with Crippen LogP contribution in [-0.4, -0.2) is 22.3 Å². The molecule has 3 nitrogen and oxygen atoms in total. The van der Waals surface area contributed by atoms with Crippen molar-refractivity contribution in [2.75, 3.05) is 0 Å². The summed E-state index contributed by atoms with van der Waals surface area (Å²) < 4.78 is 5.58. The molecular weight excluding hydrogens is 186 g/mol. The van der Waals surface area contributed by atoms with E-state index in [1.54, 1.807) is 11.7 Å². The first kappa shape index (κ1) is 9.12. The molecule has 13 heavy (non-hydrogen) atoms. The third-order valence-corrected chi connectivity index (χ3v) is 3.21. The molecule has 3 atom stereocenters. The van der Waals surface area contributed by atoms with E-state index in [4.69, 9.17) is 4.74 Å². The van der Waals surface area contributed by atoms with Crippen LogP contribution in [0.1, 0.15) is 30.7 Å². The lowest BCUT2D eigenvalue weighted by atomic mass is 10.1. The number of hydrogen-bond acceptors (Lipinski definition) is 4. The highest BCUT2D eigenvalue weighted by atomic mass is 32.1. The third kappa shape index (κ3) is 1.90. The summed E-state index contributed by atoms with van der Waals surface area (Å²) in [5.74, 6) is 0. The summed E-state index contributed by atoms with van der Waals surface area (Å²) >= 11 is 1.48. The maximum Gasteiger partial charge on any atom is 0.116 e. The Kier molecular flexibility index (Phi) is 2.62. The molecule has 1 fully saturated rings. The molecule has 1 aromatic heterocycles. The number of rotatable bonds is 2. The molecule has 1 aromatic rings. The normalized spacial score (nSPS) is 30.6. The summed E-state index contributed by atoms with van der Waals surface area (Å²) in [6.07, 6.45) is 3.46. The van der Waals surface area contributed by atoms with E-state index in [1.165, 1.54) is 11.3 Å². The third-order valence-electron chi connectivity index (χ3n) is 2.36. The second-order valence-corrected chi connectivity index (χ2v) is 4.33. The van der Waals surface area contributed by atoms with E-state index in [9.17, 15) is 5.11 Å². The van der Waals surface area contributed by atoms with Crippen molar-refractivity contribution >= 4 is 11.3 Å². The van der Waals surface area contributed by atoms with Crippen molar-refractivity contribution < 1.29 is 9.84 Å². The van der Waals surface area contributed by atoms with E-state index in [0.29, 0.717) is 0 Å². The molecule has 0 saturated carbocycles. The van der Waals surface area contributed by atoms with Gasteiger partial charge >= 0.3 is 0 Å².